The smallest absolute Gasteiger partial charge is 0.264 e. The Kier molecular flexibility index (Phi) is 4.71. The van der Waals surface area contributed by atoms with E-state index in [4.69, 9.17) is 9.47 Å². The fourth-order valence-corrected chi connectivity index (χ4v) is 3.48. The number of aryl methyl sites for hydroxylation is 1. The number of ether oxygens (including phenoxy) is 2. The van der Waals surface area contributed by atoms with Crippen LogP contribution in [0.25, 0.3) is 0 Å². The third-order valence-corrected chi connectivity index (χ3v) is 4.49. The van der Waals surface area contributed by atoms with Gasteiger partial charge >= 0.3 is 0 Å². The van der Waals surface area contributed by atoms with Crippen LogP contribution >= 0.6 is 11.3 Å². The first-order valence-electron chi connectivity index (χ1n) is 8.03. The minimum atomic E-state index is -0.260. The Morgan fingerprint density at radius 1 is 1.42 bits per heavy atom. The Balaban J connectivity index is 1.58. The lowest BCUT2D eigenvalue weighted by Crippen LogP contribution is -2.25. The summed E-state index contributed by atoms with van der Waals surface area (Å²) in [6, 6.07) is 5.75. The molecule has 1 aromatic carbocycles. The van der Waals surface area contributed by atoms with E-state index in [1.165, 1.54) is 11.3 Å². The van der Waals surface area contributed by atoms with Crippen LogP contribution in [0.1, 0.15) is 37.8 Å². The molecule has 0 fully saturated rings. The number of nitrogens with zero attached hydrogens (tertiary/aromatic N) is 2. The molecule has 1 aliphatic rings. The maximum atomic E-state index is 12.0. The molecule has 0 bridgehead atoms. The molecule has 2 aromatic rings. The van der Waals surface area contributed by atoms with Crippen LogP contribution in [0.3, 0.4) is 0 Å². The normalized spacial score (nSPS) is 14.8. The lowest BCUT2D eigenvalue weighted by molar-refractivity contribution is -0.118. The van der Waals surface area contributed by atoms with E-state index in [0.29, 0.717) is 10.9 Å². The number of nitrogens with one attached hydrogen (secondary N) is 1. The summed E-state index contributed by atoms with van der Waals surface area (Å²) in [6.45, 7) is 6.05. The van der Waals surface area contributed by atoms with Gasteiger partial charge in [-0.1, -0.05) is 30.4 Å². The number of hydrogen-bond donors (Lipinski definition) is 1. The molecule has 3 rings (SSSR count). The van der Waals surface area contributed by atoms with Crippen molar-refractivity contribution in [3.05, 3.63) is 28.8 Å². The van der Waals surface area contributed by atoms with Crippen LogP contribution in [-0.4, -0.2) is 28.3 Å². The molecule has 1 N–H and O–H groups in total. The molecule has 7 heteroatoms. The van der Waals surface area contributed by atoms with E-state index in [0.717, 1.165) is 35.6 Å². The van der Waals surface area contributed by atoms with Gasteiger partial charge in [-0.25, -0.2) is 0 Å². The first-order chi connectivity index (χ1) is 11.5. The lowest BCUT2D eigenvalue weighted by atomic mass is 10.0. The van der Waals surface area contributed by atoms with Crippen molar-refractivity contribution < 1.29 is 14.3 Å². The highest BCUT2D eigenvalue weighted by Crippen LogP contribution is 2.41. The van der Waals surface area contributed by atoms with Gasteiger partial charge < -0.3 is 9.47 Å². The number of aromatic nitrogens is 2. The third kappa shape index (κ3) is 3.84. The number of rotatable bonds is 6. The molecule has 1 aromatic heterocycles. The number of amides is 1. The van der Waals surface area contributed by atoms with Gasteiger partial charge in [-0.15, -0.1) is 10.2 Å². The number of anilines is 1. The number of carbonyl (C=O) groups is 1. The maximum absolute atomic E-state index is 12.0. The summed E-state index contributed by atoms with van der Waals surface area (Å²) in [5, 5.41) is 12.1. The molecule has 2 heterocycles. The van der Waals surface area contributed by atoms with Gasteiger partial charge in [0.15, 0.2) is 18.1 Å². The van der Waals surface area contributed by atoms with Crippen LogP contribution in [0.4, 0.5) is 5.13 Å². The van der Waals surface area contributed by atoms with Gasteiger partial charge in [-0.2, -0.15) is 0 Å². The number of hydrogen-bond acceptors (Lipinski definition) is 6. The van der Waals surface area contributed by atoms with Gasteiger partial charge in [0, 0.05) is 18.4 Å². The standard InChI is InChI=1S/C17H21N3O3S/c1-4-6-14-19-20-16(24-14)18-13(21)10-22-12-8-5-7-11-9-17(2,3)23-15(11)12/h5,7-8H,4,6,9-10H2,1-3H3,(H,18,20,21). The topological polar surface area (TPSA) is 73.3 Å². The zero-order valence-corrected chi connectivity index (χ0v) is 14.9. The molecule has 1 aliphatic heterocycles. The summed E-state index contributed by atoms with van der Waals surface area (Å²) in [6.07, 6.45) is 2.70. The van der Waals surface area contributed by atoms with E-state index in [1.54, 1.807) is 0 Å². The molecule has 6 nitrogen and oxygen atoms in total. The second-order valence-corrected chi connectivity index (χ2v) is 7.43. The average Bonchev–Trinajstić information content (AvgIpc) is 3.07. The molecule has 0 atom stereocenters. The van der Waals surface area contributed by atoms with Crippen molar-refractivity contribution >= 4 is 22.4 Å². The first-order valence-corrected chi connectivity index (χ1v) is 8.84. The van der Waals surface area contributed by atoms with Crippen molar-refractivity contribution in [3.63, 3.8) is 0 Å². The van der Waals surface area contributed by atoms with E-state index < -0.39 is 0 Å². The minimum absolute atomic E-state index is 0.0943. The monoisotopic (exact) mass is 347 g/mol. The summed E-state index contributed by atoms with van der Waals surface area (Å²) in [7, 11) is 0. The molecule has 0 spiro atoms. The van der Waals surface area contributed by atoms with Gasteiger partial charge in [0.05, 0.1) is 0 Å². The Bertz CT molecular complexity index is 742. The van der Waals surface area contributed by atoms with Crippen molar-refractivity contribution in [1.82, 2.24) is 10.2 Å². The van der Waals surface area contributed by atoms with Gasteiger partial charge in [-0.05, 0) is 26.3 Å². The van der Waals surface area contributed by atoms with E-state index in [1.807, 2.05) is 32.0 Å². The van der Waals surface area contributed by atoms with Crippen LogP contribution in [0.5, 0.6) is 11.5 Å². The molecule has 0 saturated carbocycles. The number of benzene rings is 1. The van der Waals surface area contributed by atoms with Crippen molar-refractivity contribution in [2.45, 2.75) is 45.6 Å². The summed E-state index contributed by atoms with van der Waals surface area (Å²) in [5.41, 5.74) is 0.859. The van der Waals surface area contributed by atoms with Crippen molar-refractivity contribution in [2.75, 3.05) is 11.9 Å². The van der Waals surface area contributed by atoms with Gasteiger partial charge in [-0.3, -0.25) is 10.1 Å². The molecule has 128 valence electrons. The third-order valence-electron chi connectivity index (χ3n) is 3.59. The van der Waals surface area contributed by atoms with E-state index in [9.17, 15) is 4.79 Å². The number of para-hydroxylation sites is 1. The zero-order valence-electron chi connectivity index (χ0n) is 14.1. The predicted molar refractivity (Wildman–Crippen MR) is 92.9 cm³/mol. The van der Waals surface area contributed by atoms with Crippen LogP contribution in [0.15, 0.2) is 18.2 Å². The summed E-state index contributed by atoms with van der Waals surface area (Å²) in [4.78, 5) is 12.0. The molecule has 24 heavy (non-hydrogen) atoms. The quantitative estimate of drug-likeness (QED) is 0.868. The zero-order chi connectivity index (χ0) is 17.2. The number of fused-ring (bicyclic) bond motifs is 1. The van der Waals surface area contributed by atoms with Gasteiger partial charge in [0.2, 0.25) is 5.13 Å². The van der Waals surface area contributed by atoms with E-state index >= 15 is 0 Å². The van der Waals surface area contributed by atoms with Gasteiger partial charge in [0.1, 0.15) is 10.6 Å². The largest absolute Gasteiger partial charge is 0.483 e. The van der Waals surface area contributed by atoms with E-state index in [-0.39, 0.29) is 18.1 Å². The Labute approximate surface area is 145 Å². The fraction of sp³-hybridized carbons (Fsp3) is 0.471. The SMILES string of the molecule is CCCc1nnc(NC(=O)COc2cccc3c2OC(C)(C)C3)s1. The molecule has 0 saturated heterocycles. The molecule has 0 radical (unpaired) electrons. The Hall–Kier alpha value is -2.15. The Morgan fingerprint density at radius 3 is 3.04 bits per heavy atom. The van der Waals surface area contributed by atoms with Crippen molar-refractivity contribution in [2.24, 2.45) is 0 Å². The molecular weight excluding hydrogens is 326 g/mol. The van der Waals surface area contributed by atoms with Crippen molar-refractivity contribution in [3.8, 4) is 11.5 Å². The molecule has 0 aliphatic carbocycles. The minimum Gasteiger partial charge on any atom is -0.483 e. The highest BCUT2D eigenvalue weighted by atomic mass is 32.1. The van der Waals surface area contributed by atoms with Crippen LogP contribution in [-0.2, 0) is 17.6 Å². The second-order valence-electron chi connectivity index (χ2n) is 6.37. The highest BCUT2D eigenvalue weighted by Gasteiger charge is 2.32. The Morgan fingerprint density at radius 2 is 2.25 bits per heavy atom. The maximum Gasteiger partial charge on any atom is 0.264 e. The summed E-state index contributed by atoms with van der Waals surface area (Å²) in [5.74, 6) is 1.07. The molecule has 0 unspecified atom stereocenters. The molecular formula is C17H21N3O3S. The van der Waals surface area contributed by atoms with Crippen molar-refractivity contribution in [1.29, 1.82) is 0 Å². The average molecular weight is 347 g/mol. The lowest BCUT2D eigenvalue weighted by Gasteiger charge is -2.18. The first kappa shape index (κ1) is 16.7. The van der Waals surface area contributed by atoms with Crippen LogP contribution < -0.4 is 14.8 Å². The van der Waals surface area contributed by atoms with E-state index in [2.05, 4.69) is 22.4 Å². The molecule has 1 amide bonds. The highest BCUT2D eigenvalue weighted by molar-refractivity contribution is 7.15. The van der Waals surface area contributed by atoms with Crippen LogP contribution in [0.2, 0.25) is 0 Å². The summed E-state index contributed by atoms with van der Waals surface area (Å²) < 4.78 is 11.6. The predicted octanol–water partition coefficient (Wildman–Crippen LogP) is 3.22. The van der Waals surface area contributed by atoms with Gasteiger partial charge in [0.25, 0.3) is 5.91 Å². The fourth-order valence-electron chi connectivity index (χ4n) is 2.62. The van der Waals surface area contributed by atoms with Crippen LogP contribution in [0, 0.1) is 0 Å². The number of carbonyl (C=O) groups excluding carboxylic acids is 1. The second kappa shape index (κ2) is 6.76. The summed E-state index contributed by atoms with van der Waals surface area (Å²) >= 11 is 1.39.